The van der Waals surface area contributed by atoms with Crippen LogP contribution >= 0.6 is 0 Å². The number of hydrogen-bond acceptors (Lipinski definition) is 3. The second kappa shape index (κ2) is 8.47. The summed E-state index contributed by atoms with van der Waals surface area (Å²) in [6, 6.07) is 10.00. The number of H-pyrrole nitrogens is 1. The molecule has 1 aromatic carbocycles. The van der Waals surface area contributed by atoms with Crippen molar-refractivity contribution < 1.29 is 13.6 Å². The summed E-state index contributed by atoms with van der Waals surface area (Å²) in [6.45, 7) is 0.716. The van der Waals surface area contributed by atoms with E-state index in [-0.39, 0.29) is 11.7 Å². The van der Waals surface area contributed by atoms with Crippen molar-refractivity contribution in [2.75, 3.05) is 13.6 Å². The number of nitrogens with zero attached hydrogens (tertiary/aromatic N) is 2. The molecule has 136 valence electrons. The molecule has 0 fully saturated rings. The molecule has 0 aliphatic carbocycles. The number of rotatable bonds is 8. The van der Waals surface area contributed by atoms with Crippen LogP contribution in [0.4, 0.5) is 4.39 Å². The first-order valence-corrected chi connectivity index (χ1v) is 8.71. The lowest BCUT2D eigenvalue weighted by atomic mass is 10.1. The zero-order valence-corrected chi connectivity index (χ0v) is 14.7. The maximum Gasteiger partial charge on any atom is 0.256 e. The highest BCUT2D eigenvalue weighted by molar-refractivity contribution is 5.93. The van der Waals surface area contributed by atoms with Gasteiger partial charge in [-0.05, 0) is 55.7 Å². The fourth-order valence-electron chi connectivity index (χ4n) is 2.81. The Balaban J connectivity index is 1.39. The second-order valence-corrected chi connectivity index (χ2v) is 6.33. The number of benzene rings is 1. The van der Waals surface area contributed by atoms with E-state index >= 15 is 0 Å². The molecule has 1 amide bonds. The SMILES string of the molecule is CN(CCCCCc1cc(-c2ccc(F)cc2)n[nH]1)C(=O)c1ccoc1. The quantitative estimate of drug-likeness (QED) is 0.613. The number of aromatic nitrogens is 2. The van der Waals surface area contributed by atoms with Crippen molar-refractivity contribution in [3.8, 4) is 11.3 Å². The van der Waals surface area contributed by atoms with Gasteiger partial charge < -0.3 is 9.32 Å². The smallest absolute Gasteiger partial charge is 0.256 e. The van der Waals surface area contributed by atoms with Gasteiger partial charge in [-0.3, -0.25) is 9.89 Å². The van der Waals surface area contributed by atoms with Crippen LogP contribution in [0.1, 0.15) is 35.3 Å². The van der Waals surface area contributed by atoms with Gasteiger partial charge in [-0.1, -0.05) is 6.42 Å². The Hall–Kier alpha value is -2.89. The summed E-state index contributed by atoms with van der Waals surface area (Å²) >= 11 is 0. The second-order valence-electron chi connectivity index (χ2n) is 6.33. The third-order valence-electron chi connectivity index (χ3n) is 4.33. The summed E-state index contributed by atoms with van der Waals surface area (Å²) < 4.78 is 17.9. The number of halogens is 1. The van der Waals surface area contributed by atoms with Crippen molar-refractivity contribution in [2.24, 2.45) is 0 Å². The van der Waals surface area contributed by atoms with Gasteiger partial charge in [0.1, 0.15) is 12.1 Å². The lowest BCUT2D eigenvalue weighted by molar-refractivity contribution is 0.0792. The molecule has 0 radical (unpaired) electrons. The van der Waals surface area contributed by atoms with Crippen LogP contribution in [-0.4, -0.2) is 34.6 Å². The maximum atomic E-state index is 13.0. The molecule has 3 rings (SSSR count). The Labute approximate surface area is 151 Å². The number of carbonyl (C=O) groups excluding carboxylic acids is 1. The fraction of sp³-hybridized carbons (Fsp3) is 0.300. The lowest BCUT2D eigenvalue weighted by Crippen LogP contribution is -2.27. The molecule has 0 saturated carbocycles. The molecule has 0 bridgehead atoms. The molecule has 0 saturated heterocycles. The van der Waals surface area contributed by atoms with Crippen molar-refractivity contribution in [2.45, 2.75) is 25.7 Å². The van der Waals surface area contributed by atoms with E-state index in [1.165, 1.54) is 24.7 Å². The molecule has 0 spiro atoms. The predicted molar refractivity (Wildman–Crippen MR) is 97.2 cm³/mol. The molecular formula is C20H22FN3O2. The van der Waals surface area contributed by atoms with Crippen LogP contribution in [-0.2, 0) is 6.42 Å². The Morgan fingerprint density at radius 3 is 2.73 bits per heavy atom. The van der Waals surface area contributed by atoms with Gasteiger partial charge in [-0.15, -0.1) is 0 Å². The van der Waals surface area contributed by atoms with Crippen molar-refractivity contribution in [3.05, 3.63) is 66.0 Å². The minimum atomic E-state index is -0.249. The average Bonchev–Trinajstić information content (AvgIpc) is 3.33. The number of hydrogen-bond donors (Lipinski definition) is 1. The van der Waals surface area contributed by atoms with Gasteiger partial charge in [0.25, 0.3) is 5.91 Å². The van der Waals surface area contributed by atoms with Crippen LogP contribution in [0, 0.1) is 5.82 Å². The number of unbranched alkanes of at least 4 members (excludes halogenated alkanes) is 2. The van der Waals surface area contributed by atoms with Crippen molar-refractivity contribution in [3.63, 3.8) is 0 Å². The van der Waals surface area contributed by atoms with Gasteiger partial charge in [0.05, 0.1) is 17.5 Å². The van der Waals surface area contributed by atoms with E-state index in [2.05, 4.69) is 10.2 Å². The molecule has 0 aliphatic rings. The Bertz CT molecular complexity index is 825. The van der Waals surface area contributed by atoms with Crippen LogP contribution in [0.5, 0.6) is 0 Å². The Morgan fingerprint density at radius 2 is 2.00 bits per heavy atom. The summed E-state index contributed by atoms with van der Waals surface area (Å²) in [4.78, 5) is 13.8. The highest BCUT2D eigenvalue weighted by Gasteiger charge is 2.12. The molecule has 3 aromatic rings. The molecule has 0 unspecified atom stereocenters. The molecule has 6 heteroatoms. The van der Waals surface area contributed by atoms with Crippen molar-refractivity contribution >= 4 is 5.91 Å². The zero-order chi connectivity index (χ0) is 18.4. The summed E-state index contributed by atoms with van der Waals surface area (Å²) in [6.07, 6.45) is 6.85. The lowest BCUT2D eigenvalue weighted by Gasteiger charge is -2.15. The molecule has 5 nitrogen and oxygen atoms in total. The molecule has 1 N–H and O–H groups in total. The van der Waals surface area contributed by atoms with Crippen LogP contribution in [0.15, 0.2) is 53.3 Å². The van der Waals surface area contributed by atoms with Crippen LogP contribution in [0.25, 0.3) is 11.3 Å². The van der Waals surface area contributed by atoms with Gasteiger partial charge in [0.15, 0.2) is 0 Å². The number of furan rings is 1. The first-order chi connectivity index (χ1) is 12.6. The van der Waals surface area contributed by atoms with Gasteiger partial charge in [-0.2, -0.15) is 5.10 Å². The molecular weight excluding hydrogens is 333 g/mol. The summed E-state index contributed by atoms with van der Waals surface area (Å²) in [7, 11) is 1.80. The predicted octanol–water partition coefficient (Wildman–Crippen LogP) is 4.29. The molecule has 0 atom stereocenters. The number of nitrogens with one attached hydrogen (secondary N) is 1. The molecule has 2 heterocycles. The van der Waals surface area contributed by atoms with Crippen molar-refractivity contribution in [1.82, 2.24) is 15.1 Å². The first-order valence-electron chi connectivity index (χ1n) is 8.71. The number of amides is 1. The minimum Gasteiger partial charge on any atom is -0.472 e. The number of carbonyl (C=O) groups is 1. The third kappa shape index (κ3) is 4.59. The minimum absolute atomic E-state index is 0.0174. The summed E-state index contributed by atoms with van der Waals surface area (Å²) in [5.74, 6) is -0.267. The average molecular weight is 355 g/mol. The van der Waals surface area contributed by atoms with Gasteiger partial charge in [0.2, 0.25) is 0 Å². The zero-order valence-electron chi connectivity index (χ0n) is 14.7. The van der Waals surface area contributed by atoms with Gasteiger partial charge in [0, 0.05) is 24.8 Å². The standard InChI is InChI=1S/C20H22FN3O2/c1-24(20(25)16-10-12-26-14-16)11-4-2-3-5-18-13-19(23-22-18)15-6-8-17(21)9-7-15/h6-10,12-14H,2-5,11H2,1H3,(H,22,23). The number of aromatic amines is 1. The van der Waals surface area contributed by atoms with Gasteiger partial charge >= 0.3 is 0 Å². The fourth-order valence-corrected chi connectivity index (χ4v) is 2.81. The van der Waals surface area contributed by atoms with E-state index < -0.39 is 0 Å². The molecule has 26 heavy (non-hydrogen) atoms. The van der Waals surface area contributed by atoms with E-state index in [0.29, 0.717) is 12.1 Å². The van der Waals surface area contributed by atoms with Crippen LogP contribution in [0.3, 0.4) is 0 Å². The van der Waals surface area contributed by atoms with E-state index in [1.807, 2.05) is 6.07 Å². The Morgan fingerprint density at radius 1 is 1.19 bits per heavy atom. The van der Waals surface area contributed by atoms with E-state index in [9.17, 15) is 9.18 Å². The third-order valence-corrected chi connectivity index (χ3v) is 4.33. The molecule has 0 aliphatic heterocycles. The topological polar surface area (TPSA) is 62.1 Å². The van der Waals surface area contributed by atoms with Crippen LogP contribution < -0.4 is 0 Å². The normalized spacial score (nSPS) is 10.8. The highest BCUT2D eigenvalue weighted by Crippen LogP contribution is 2.19. The maximum absolute atomic E-state index is 13.0. The monoisotopic (exact) mass is 355 g/mol. The van der Waals surface area contributed by atoms with Gasteiger partial charge in [-0.25, -0.2) is 4.39 Å². The highest BCUT2D eigenvalue weighted by atomic mass is 19.1. The summed E-state index contributed by atoms with van der Waals surface area (Å²) in [5, 5.41) is 7.32. The number of aryl methyl sites for hydroxylation is 1. The van der Waals surface area contributed by atoms with Crippen molar-refractivity contribution in [1.29, 1.82) is 0 Å². The van der Waals surface area contributed by atoms with Crippen LogP contribution in [0.2, 0.25) is 0 Å². The molecule has 2 aromatic heterocycles. The van der Waals surface area contributed by atoms with E-state index in [4.69, 9.17) is 4.42 Å². The first kappa shape index (κ1) is 17.9. The van der Waals surface area contributed by atoms with E-state index in [1.54, 1.807) is 30.1 Å². The largest absolute Gasteiger partial charge is 0.472 e. The Kier molecular flexibility index (Phi) is 5.84. The van der Waals surface area contributed by atoms with E-state index in [0.717, 1.165) is 42.6 Å². The summed E-state index contributed by atoms with van der Waals surface area (Å²) in [5.41, 5.74) is 3.36.